The molecule has 0 atom stereocenters. The summed E-state index contributed by atoms with van der Waals surface area (Å²) in [6.45, 7) is 8.59. The number of aryl methyl sites for hydroxylation is 2. The maximum Gasteiger partial charge on any atom is 0.253 e. The molecule has 28 heavy (non-hydrogen) atoms. The van der Waals surface area contributed by atoms with E-state index in [9.17, 15) is 4.79 Å². The highest BCUT2D eigenvalue weighted by Gasteiger charge is 2.19. The monoisotopic (exact) mass is 439 g/mol. The van der Waals surface area contributed by atoms with Crippen molar-refractivity contribution in [3.63, 3.8) is 0 Å². The Bertz CT molecular complexity index is 1100. The number of benzene rings is 1. The van der Waals surface area contributed by atoms with E-state index in [0.717, 1.165) is 32.6 Å². The number of rotatable bonds is 5. The number of aromatic nitrogens is 2. The molecule has 1 aliphatic rings. The zero-order valence-corrected chi connectivity index (χ0v) is 18.0. The van der Waals surface area contributed by atoms with Crippen LogP contribution >= 0.6 is 15.9 Å². The van der Waals surface area contributed by atoms with E-state index >= 15 is 0 Å². The molecule has 1 aliphatic carbocycles. The van der Waals surface area contributed by atoms with Crippen LogP contribution in [0.2, 0.25) is 0 Å². The normalized spacial score (nSPS) is 14.7. The van der Waals surface area contributed by atoms with Gasteiger partial charge in [0.05, 0.1) is 5.52 Å². The number of aromatic amines is 1. The smallest absolute Gasteiger partial charge is 0.253 e. The van der Waals surface area contributed by atoms with Crippen molar-refractivity contribution in [2.75, 3.05) is 0 Å². The Morgan fingerprint density at radius 3 is 2.75 bits per heavy atom. The maximum absolute atomic E-state index is 12.3. The Hall–Kier alpha value is -2.27. The number of hydrogen-bond donors (Lipinski definition) is 2. The molecule has 2 heterocycles. The number of nitrogens with one attached hydrogen (secondary N) is 2. The SMILES string of the molecule is C=C(NCc1c(C)cc(C)[nH]c1=O)c1cc(Br)cc2c1ccn2C1CCCC1. The van der Waals surface area contributed by atoms with Crippen molar-refractivity contribution in [2.24, 2.45) is 0 Å². The molecule has 4 rings (SSSR count). The molecule has 0 aliphatic heterocycles. The zero-order chi connectivity index (χ0) is 19.8. The summed E-state index contributed by atoms with van der Waals surface area (Å²) in [5.74, 6) is 0. The van der Waals surface area contributed by atoms with Crippen LogP contribution in [0.5, 0.6) is 0 Å². The van der Waals surface area contributed by atoms with Gasteiger partial charge in [0.25, 0.3) is 5.56 Å². The van der Waals surface area contributed by atoms with E-state index in [0.29, 0.717) is 12.6 Å². The molecule has 1 fully saturated rings. The number of halogens is 1. The van der Waals surface area contributed by atoms with E-state index in [1.165, 1.54) is 36.6 Å². The quantitative estimate of drug-likeness (QED) is 0.544. The molecule has 0 spiro atoms. The molecule has 3 aromatic rings. The van der Waals surface area contributed by atoms with Gasteiger partial charge >= 0.3 is 0 Å². The number of hydrogen-bond acceptors (Lipinski definition) is 2. The molecule has 1 saturated carbocycles. The molecular weight excluding hydrogens is 414 g/mol. The fourth-order valence-electron chi connectivity index (χ4n) is 4.37. The second kappa shape index (κ2) is 7.63. The van der Waals surface area contributed by atoms with Gasteiger partial charge < -0.3 is 14.9 Å². The molecule has 2 aromatic heterocycles. The van der Waals surface area contributed by atoms with Crippen LogP contribution < -0.4 is 10.9 Å². The summed E-state index contributed by atoms with van der Waals surface area (Å²) in [6, 6.07) is 9.07. The van der Waals surface area contributed by atoms with E-state index in [4.69, 9.17) is 0 Å². The lowest BCUT2D eigenvalue weighted by Gasteiger charge is -2.16. The van der Waals surface area contributed by atoms with Gasteiger partial charge in [-0.25, -0.2) is 0 Å². The first-order valence-electron chi connectivity index (χ1n) is 9.86. The number of pyridine rings is 1. The number of nitrogens with zero attached hydrogens (tertiary/aromatic N) is 1. The van der Waals surface area contributed by atoms with E-state index in [1.807, 2.05) is 19.9 Å². The summed E-state index contributed by atoms with van der Waals surface area (Å²) >= 11 is 3.67. The summed E-state index contributed by atoms with van der Waals surface area (Å²) in [5, 5.41) is 4.57. The van der Waals surface area contributed by atoms with E-state index < -0.39 is 0 Å². The lowest BCUT2D eigenvalue weighted by molar-refractivity contribution is 0.536. The van der Waals surface area contributed by atoms with Gasteiger partial charge in [0.15, 0.2) is 0 Å². The Morgan fingerprint density at radius 1 is 1.29 bits per heavy atom. The molecule has 0 saturated heterocycles. The highest BCUT2D eigenvalue weighted by molar-refractivity contribution is 9.10. The Morgan fingerprint density at radius 2 is 2.04 bits per heavy atom. The minimum atomic E-state index is -0.0374. The van der Waals surface area contributed by atoms with Crippen LogP contribution in [0.4, 0.5) is 0 Å². The van der Waals surface area contributed by atoms with Crippen molar-refractivity contribution in [3.05, 3.63) is 74.3 Å². The van der Waals surface area contributed by atoms with Crippen molar-refractivity contribution < 1.29 is 0 Å². The minimum absolute atomic E-state index is 0.0374. The fraction of sp³-hybridized carbons (Fsp3) is 0.348. The van der Waals surface area contributed by atoms with Crippen LogP contribution in [-0.2, 0) is 6.54 Å². The first-order valence-corrected chi connectivity index (χ1v) is 10.7. The largest absolute Gasteiger partial charge is 0.381 e. The number of fused-ring (bicyclic) bond motifs is 1. The van der Waals surface area contributed by atoms with Crippen molar-refractivity contribution in [1.29, 1.82) is 0 Å². The molecule has 0 unspecified atom stereocenters. The lowest BCUT2D eigenvalue weighted by atomic mass is 10.1. The predicted octanol–water partition coefficient (Wildman–Crippen LogP) is 5.58. The summed E-state index contributed by atoms with van der Waals surface area (Å²) in [7, 11) is 0. The third kappa shape index (κ3) is 3.55. The summed E-state index contributed by atoms with van der Waals surface area (Å²) < 4.78 is 3.46. The molecule has 4 nitrogen and oxygen atoms in total. The topological polar surface area (TPSA) is 49.8 Å². The van der Waals surface area contributed by atoms with Gasteiger partial charge in [-0.3, -0.25) is 4.79 Å². The molecule has 0 bridgehead atoms. The van der Waals surface area contributed by atoms with Crippen molar-refractivity contribution >= 4 is 32.5 Å². The first-order chi connectivity index (χ1) is 13.4. The van der Waals surface area contributed by atoms with Crippen LogP contribution in [-0.4, -0.2) is 9.55 Å². The standard InChI is InChI=1S/C23H26BrN3O/c1-14-10-15(2)26-23(28)21(14)13-25-16(3)20-11-17(24)12-22-19(20)8-9-27(22)18-6-4-5-7-18/h8-12,18,25H,3-7,13H2,1-2H3,(H,26,28). The molecule has 0 amide bonds. The van der Waals surface area contributed by atoms with E-state index in [1.54, 1.807) is 0 Å². The molecule has 2 N–H and O–H groups in total. The lowest BCUT2D eigenvalue weighted by Crippen LogP contribution is -2.22. The van der Waals surface area contributed by atoms with Crippen LogP contribution in [0.25, 0.3) is 16.6 Å². The molecular formula is C23H26BrN3O. The highest BCUT2D eigenvalue weighted by Crippen LogP contribution is 2.36. The Balaban J connectivity index is 1.63. The Kier molecular flexibility index (Phi) is 5.19. The average Bonchev–Trinajstić information content (AvgIpc) is 3.28. The van der Waals surface area contributed by atoms with Crippen LogP contribution in [0.3, 0.4) is 0 Å². The second-order valence-corrected chi connectivity index (χ2v) is 8.74. The van der Waals surface area contributed by atoms with Gasteiger partial charge in [0.1, 0.15) is 0 Å². The van der Waals surface area contributed by atoms with E-state index in [2.05, 4.69) is 61.8 Å². The molecule has 0 radical (unpaired) electrons. The highest BCUT2D eigenvalue weighted by atomic mass is 79.9. The van der Waals surface area contributed by atoms with Crippen molar-refractivity contribution in [3.8, 4) is 0 Å². The number of H-pyrrole nitrogens is 1. The van der Waals surface area contributed by atoms with Gasteiger partial charge in [-0.1, -0.05) is 35.4 Å². The van der Waals surface area contributed by atoms with Crippen LogP contribution in [0.1, 0.15) is 54.1 Å². The summed E-state index contributed by atoms with van der Waals surface area (Å²) in [5.41, 5.74) is 5.73. The molecule has 1 aromatic carbocycles. The van der Waals surface area contributed by atoms with E-state index in [-0.39, 0.29) is 5.56 Å². The van der Waals surface area contributed by atoms with Crippen molar-refractivity contribution in [2.45, 2.75) is 52.1 Å². The van der Waals surface area contributed by atoms with Gasteiger partial charge in [0.2, 0.25) is 0 Å². The van der Waals surface area contributed by atoms with Crippen LogP contribution in [0.15, 0.2) is 46.3 Å². The van der Waals surface area contributed by atoms with Gasteiger partial charge in [-0.05, 0) is 56.5 Å². The fourth-order valence-corrected chi connectivity index (χ4v) is 4.82. The van der Waals surface area contributed by atoms with Gasteiger partial charge in [-0.15, -0.1) is 0 Å². The second-order valence-electron chi connectivity index (χ2n) is 7.82. The predicted molar refractivity (Wildman–Crippen MR) is 120 cm³/mol. The third-order valence-corrected chi connectivity index (χ3v) is 6.28. The average molecular weight is 440 g/mol. The third-order valence-electron chi connectivity index (χ3n) is 5.82. The van der Waals surface area contributed by atoms with Crippen LogP contribution in [0, 0.1) is 13.8 Å². The maximum atomic E-state index is 12.3. The first kappa shape index (κ1) is 19.1. The van der Waals surface area contributed by atoms with Gasteiger partial charge in [-0.2, -0.15) is 0 Å². The van der Waals surface area contributed by atoms with Crippen molar-refractivity contribution in [1.82, 2.24) is 14.9 Å². The zero-order valence-electron chi connectivity index (χ0n) is 16.4. The summed E-state index contributed by atoms with van der Waals surface area (Å²) in [4.78, 5) is 15.2. The molecule has 146 valence electrons. The Labute approximate surface area is 173 Å². The van der Waals surface area contributed by atoms with Gasteiger partial charge in [0, 0.05) is 51.2 Å². The minimum Gasteiger partial charge on any atom is -0.381 e. The summed E-state index contributed by atoms with van der Waals surface area (Å²) in [6.07, 6.45) is 7.33. The molecule has 5 heteroatoms.